The summed E-state index contributed by atoms with van der Waals surface area (Å²) in [6, 6.07) is 17.4. The van der Waals surface area contributed by atoms with Gasteiger partial charge < -0.3 is 0 Å². The van der Waals surface area contributed by atoms with Gasteiger partial charge in [0.2, 0.25) is 0 Å². The number of benzene rings is 2. The summed E-state index contributed by atoms with van der Waals surface area (Å²) in [5.74, 6) is 0. The molecule has 2 aliphatic rings. The van der Waals surface area contributed by atoms with Gasteiger partial charge in [0.15, 0.2) is 0 Å². The van der Waals surface area contributed by atoms with Crippen molar-refractivity contribution in [3.63, 3.8) is 0 Å². The third kappa shape index (κ3) is 3.29. The maximum atomic E-state index is 12.7. The molecule has 1 saturated heterocycles. The molecule has 4 nitrogen and oxygen atoms in total. The summed E-state index contributed by atoms with van der Waals surface area (Å²) < 4.78 is 26.6. The van der Waals surface area contributed by atoms with E-state index in [2.05, 4.69) is 24.3 Å². The van der Waals surface area contributed by atoms with Gasteiger partial charge in [0.25, 0.3) is 15.1 Å². The van der Waals surface area contributed by atoms with Crippen LogP contribution < -0.4 is 0 Å². The molecule has 0 radical (unpaired) electrons. The number of sulfonamides is 1. The fraction of sp³-hybridized carbons (Fsp3) is 0.227. The van der Waals surface area contributed by atoms with E-state index in [1.807, 2.05) is 42.5 Å². The number of hydrogen-bond donors (Lipinski definition) is 0. The molecule has 1 spiro atoms. The van der Waals surface area contributed by atoms with E-state index in [4.69, 9.17) is 0 Å². The Labute approximate surface area is 159 Å². The highest BCUT2D eigenvalue weighted by molar-refractivity contribution is 8.04. The van der Waals surface area contributed by atoms with Gasteiger partial charge in [-0.15, -0.1) is 0 Å². The highest BCUT2D eigenvalue weighted by Crippen LogP contribution is 2.44. The molecular weight excluding hydrogens is 358 g/mol. The Balaban J connectivity index is 1.47. The minimum absolute atomic E-state index is 0.106. The van der Waals surface area contributed by atoms with Crippen molar-refractivity contribution in [1.29, 1.82) is 0 Å². The molecule has 0 bridgehead atoms. The first-order chi connectivity index (χ1) is 13.0. The summed E-state index contributed by atoms with van der Waals surface area (Å²) in [6.45, 7) is 0.706. The van der Waals surface area contributed by atoms with Crippen LogP contribution in [-0.2, 0) is 20.2 Å². The zero-order valence-corrected chi connectivity index (χ0v) is 15.7. The first-order valence-corrected chi connectivity index (χ1v) is 10.5. The smallest absolute Gasteiger partial charge is 0.275 e. The quantitative estimate of drug-likeness (QED) is 0.766. The zero-order valence-electron chi connectivity index (χ0n) is 14.9. The number of hydrogen-bond acceptors (Lipinski definition) is 3. The third-order valence-corrected chi connectivity index (χ3v) is 7.19. The molecule has 2 aromatic rings. The summed E-state index contributed by atoms with van der Waals surface area (Å²) in [5, 5.41) is -0.857. The minimum Gasteiger partial charge on any atom is -0.275 e. The van der Waals surface area contributed by atoms with Crippen molar-refractivity contribution in [3.05, 3.63) is 83.4 Å². The summed E-state index contributed by atoms with van der Waals surface area (Å²) in [4.78, 5) is 12.3. The summed E-state index contributed by atoms with van der Waals surface area (Å²) >= 11 is 0. The average Bonchev–Trinajstić information content (AvgIpc) is 3.06. The van der Waals surface area contributed by atoms with Crippen LogP contribution in [0.25, 0.3) is 12.2 Å². The molecule has 1 aliphatic carbocycles. The first kappa shape index (κ1) is 17.9. The normalized spacial score (nSPS) is 18.8. The summed E-state index contributed by atoms with van der Waals surface area (Å²) in [5.41, 5.74) is 3.16. The second-order valence-corrected chi connectivity index (χ2v) is 8.91. The number of carbonyl (C=O) groups is 1. The van der Waals surface area contributed by atoms with Gasteiger partial charge in [-0.1, -0.05) is 72.8 Å². The van der Waals surface area contributed by atoms with Gasteiger partial charge >= 0.3 is 0 Å². The lowest BCUT2D eigenvalue weighted by Gasteiger charge is -2.38. The van der Waals surface area contributed by atoms with Gasteiger partial charge in [0.1, 0.15) is 0 Å². The lowest BCUT2D eigenvalue weighted by molar-refractivity contribution is -0.108. The van der Waals surface area contributed by atoms with Crippen LogP contribution in [-0.4, -0.2) is 30.9 Å². The molecule has 1 fully saturated rings. The molecule has 27 heavy (non-hydrogen) atoms. The molecule has 0 N–H and O–H groups in total. The third-order valence-electron chi connectivity index (χ3n) is 5.50. The number of rotatable bonds is 3. The number of allylic oxidation sites excluding steroid dienone is 1. The van der Waals surface area contributed by atoms with E-state index in [-0.39, 0.29) is 5.41 Å². The van der Waals surface area contributed by atoms with Crippen LogP contribution in [0.2, 0.25) is 0 Å². The standard InChI is InChI=1S/C22H21NO3S/c24-21(11-10-18-6-2-1-3-7-18)27(25,26)23-16-14-22(15-17-23)13-12-19-8-4-5-9-20(19)22/h1-13H,14-17H2/b11-10+. The lowest BCUT2D eigenvalue weighted by atomic mass is 9.75. The van der Waals surface area contributed by atoms with Crippen molar-refractivity contribution in [1.82, 2.24) is 4.31 Å². The van der Waals surface area contributed by atoms with E-state index in [0.717, 1.165) is 11.6 Å². The maximum Gasteiger partial charge on any atom is 0.284 e. The molecule has 1 heterocycles. The Kier molecular flexibility index (Phi) is 4.58. The molecule has 1 aliphatic heterocycles. The predicted molar refractivity (Wildman–Crippen MR) is 107 cm³/mol. The molecular formula is C22H21NO3S. The Bertz CT molecular complexity index is 1010. The fourth-order valence-electron chi connectivity index (χ4n) is 3.94. The summed E-state index contributed by atoms with van der Waals surface area (Å²) in [6.07, 6.45) is 8.39. The van der Waals surface area contributed by atoms with E-state index in [1.165, 1.54) is 15.4 Å². The van der Waals surface area contributed by atoms with Crippen LogP contribution >= 0.6 is 0 Å². The van der Waals surface area contributed by atoms with Crippen molar-refractivity contribution in [2.75, 3.05) is 13.1 Å². The molecule has 138 valence electrons. The van der Waals surface area contributed by atoms with Gasteiger partial charge in [-0.3, -0.25) is 4.79 Å². The zero-order chi connectivity index (χ0) is 18.9. The molecule has 5 heteroatoms. The molecule has 4 rings (SSSR count). The maximum absolute atomic E-state index is 12.7. The molecule has 0 atom stereocenters. The van der Waals surface area contributed by atoms with Crippen LogP contribution in [0.3, 0.4) is 0 Å². The van der Waals surface area contributed by atoms with Gasteiger partial charge in [0.05, 0.1) is 0 Å². The van der Waals surface area contributed by atoms with Crippen LogP contribution in [0.1, 0.15) is 29.5 Å². The van der Waals surface area contributed by atoms with E-state index >= 15 is 0 Å². The Hall–Kier alpha value is -2.50. The topological polar surface area (TPSA) is 54.5 Å². The second-order valence-electron chi connectivity index (χ2n) is 7.04. The predicted octanol–water partition coefficient (Wildman–Crippen LogP) is 3.62. The Morgan fingerprint density at radius 3 is 2.37 bits per heavy atom. The highest BCUT2D eigenvalue weighted by atomic mass is 32.2. The summed E-state index contributed by atoms with van der Waals surface area (Å²) in [7, 11) is -3.97. The van der Waals surface area contributed by atoms with Gasteiger partial charge in [-0.25, -0.2) is 8.42 Å². The van der Waals surface area contributed by atoms with Crippen molar-refractivity contribution in [3.8, 4) is 0 Å². The Morgan fingerprint density at radius 1 is 0.963 bits per heavy atom. The molecule has 0 unspecified atom stereocenters. The van der Waals surface area contributed by atoms with Crippen molar-refractivity contribution >= 4 is 27.3 Å². The highest BCUT2D eigenvalue weighted by Gasteiger charge is 2.41. The number of piperidine rings is 1. The number of carbonyl (C=O) groups excluding carboxylic acids is 1. The average molecular weight is 379 g/mol. The molecule has 2 aromatic carbocycles. The van der Waals surface area contributed by atoms with Gasteiger partial charge in [-0.05, 0) is 35.6 Å². The van der Waals surface area contributed by atoms with Crippen LogP contribution in [0.4, 0.5) is 0 Å². The molecule has 0 amide bonds. The van der Waals surface area contributed by atoms with Crippen LogP contribution in [0.5, 0.6) is 0 Å². The number of nitrogens with zero attached hydrogens (tertiary/aromatic N) is 1. The van der Waals surface area contributed by atoms with Crippen molar-refractivity contribution in [2.24, 2.45) is 0 Å². The first-order valence-electron chi connectivity index (χ1n) is 9.07. The molecule has 0 saturated carbocycles. The number of fused-ring (bicyclic) bond motifs is 2. The van der Waals surface area contributed by atoms with Crippen molar-refractivity contribution in [2.45, 2.75) is 18.3 Å². The van der Waals surface area contributed by atoms with E-state index < -0.39 is 15.1 Å². The monoisotopic (exact) mass is 379 g/mol. The Morgan fingerprint density at radius 2 is 1.63 bits per heavy atom. The van der Waals surface area contributed by atoms with Gasteiger partial charge in [-0.2, -0.15) is 4.31 Å². The lowest BCUT2D eigenvalue weighted by Crippen LogP contribution is -2.45. The SMILES string of the molecule is O=C(/C=C/c1ccccc1)S(=O)(=O)N1CCC2(C=Cc3ccccc32)CC1. The van der Waals surface area contributed by atoms with Crippen LogP contribution in [0, 0.1) is 0 Å². The minimum atomic E-state index is -3.97. The largest absolute Gasteiger partial charge is 0.284 e. The van der Waals surface area contributed by atoms with Crippen LogP contribution in [0.15, 0.2) is 66.7 Å². The van der Waals surface area contributed by atoms with Crippen molar-refractivity contribution < 1.29 is 13.2 Å². The second kappa shape index (κ2) is 6.91. The van der Waals surface area contributed by atoms with E-state index in [1.54, 1.807) is 6.08 Å². The van der Waals surface area contributed by atoms with E-state index in [0.29, 0.717) is 25.9 Å². The fourth-order valence-corrected chi connectivity index (χ4v) is 5.10. The van der Waals surface area contributed by atoms with E-state index in [9.17, 15) is 13.2 Å². The van der Waals surface area contributed by atoms with Gasteiger partial charge in [0, 0.05) is 18.5 Å². The molecule has 0 aromatic heterocycles.